The predicted octanol–water partition coefficient (Wildman–Crippen LogP) is 2.27. The molecule has 0 spiro atoms. The Balaban J connectivity index is 2.50. The molecule has 0 bridgehead atoms. The van der Waals surface area contributed by atoms with Crippen molar-refractivity contribution in [1.29, 1.82) is 0 Å². The van der Waals surface area contributed by atoms with Gasteiger partial charge in [0.05, 0.1) is 0 Å². The summed E-state index contributed by atoms with van der Waals surface area (Å²) >= 11 is 1.88. The average Bonchev–Trinajstić information content (AvgIpc) is 2.38. The molecular formula is C12H23N5S. The summed E-state index contributed by atoms with van der Waals surface area (Å²) in [6.45, 7) is 3.05. The third-order valence-corrected chi connectivity index (χ3v) is 3.17. The van der Waals surface area contributed by atoms with E-state index in [1.807, 2.05) is 17.8 Å². The first-order valence-corrected chi connectivity index (χ1v) is 7.77. The van der Waals surface area contributed by atoms with Gasteiger partial charge in [-0.15, -0.1) is 0 Å². The summed E-state index contributed by atoms with van der Waals surface area (Å²) in [5.41, 5.74) is 2.58. The van der Waals surface area contributed by atoms with Crippen LogP contribution < -0.4 is 16.6 Å². The highest BCUT2D eigenvalue weighted by molar-refractivity contribution is 7.98. The van der Waals surface area contributed by atoms with Gasteiger partial charge in [-0.05, 0) is 31.3 Å². The van der Waals surface area contributed by atoms with Gasteiger partial charge in [0, 0.05) is 19.0 Å². The second-order valence-electron chi connectivity index (χ2n) is 4.08. The Kier molecular flexibility index (Phi) is 7.52. The third-order valence-electron chi connectivity index (χ3n) is 2.48. The summed E-state index contributed by atoms with van der Waals surface area (Å²) in [6, 6.07) is 1.84. The molecule has 1 aromatic rings. The van der Waals surface area contributed by atoms with E-state index < -0.39 is 0 Å². The number of aromatic nitrogens is 2. The lowest BCUT2D eigenvalue weighted by Crippen LogP contribution is -2.12. The lowest BCUT2D eigenvalue weighted by Gasteiger charge is -2.09. The zero-order valence-corrected chi connectivity index (χ0v) is 12.0. The highest BCUT2D eigenvalue weighted by Gasteiger charge is 2.02. The van der Waals surface area contributed by atoms with Crippen LogP contribution in [-0.4, -0.2) is 28.5 Å². The van der Waals surface area contributed by atoms with Gasteiger partial charge in [-0.25, -0.2) is 15.8 Å². The number of rotatable bonds is 9. The molecule has 0 aliphatic carbocycles. The number of nitrogens with zero attached hydrogens (tertiary/aromatic N) is 2. The van der Waals surface area contributed by atoms with Crippen molar-refractivity contribution in [2.24, 2.45) is 5.84 Å². The summed E-state index contributed by atoms with van der Waals surface area (Å²) in [5, 5.41) is 3.32. The van der Waals surface area contributed by atoms with E-state index in [4.69, 9.17) is 5.84 Å². The zero-order chi connectivity index (χ0) is 13.2. The molecule has 1 aromatic heterocycles. The molecule has 0 saturated heterocycles. The molecule has 0 unspecified atom stereocenters. The molecule has 4 N–H and O–H groups in total. The van der Waals surface area contributed by atoms with Crippen molar-refractivity contribution in [3.05, 3.63) is 11.9 Å². The SMILES string of the molecule is CCCc1nc(NN)cc(NCCCCSC)n1. The Morgan fingerprint density at radius 1 is 1.28 bits per heavy atom. The molecule has 0 fully saturated rings. The minimum Gasteiger partial charge on any atom is -0.370 e. The lowest BCUT2D eigenvalue weighted by molar-refractivity contribution is 0.818. The van der Waals surface area contributed by atoms with Crippen molar-refractivity contribution in [2.75, 3.05) is 29.3 Å². The van der Waals surface area contributed by atoms with Crippen LogP contribution in [0.5, 0.6) is 0 Å². The van der Waals surface area contributed by atoms with Gasteiger partial charge in [0.25, 0.3) is 0 Å². The van der Waals surface area contributed by atoms with E-state index in [2.05, 4.69) is 33.9 Å². The maximum absolute atomic E-state index is 5.41. The maximum atomic E-state index is 5.41. The summed E-state index contributed by atoms with van der Waals surface area (Å²) in [4.78, 5) is 8.77. The van der Waals surface area contributed by atoms with Gasteiger partial charge in [0.2, 0.25) is 0 Å². The molecule has 6 heteroatoms. The van der Waals surface area contributed by atoms with Crippen LogP contribution in [-0.2, 0) is 6.42 Å². The molecule has 1 rings (SSSR count). The number of nitrogen functional groups attached to an aromatic ring is 1. The van der Waals surface area contributed by atoms with Crippen molar-refractivity contribution in [1.82, 2.24) is 9.97 Å². The first-order chi connectivity index (χ1) is 8.80. The van der Waals surface area contributed by atoms with E-state index in [1.165, 1.54) is 12.2 Å². The molecule has 102 valence electrons. The molecule has 0 radical (unpaired) electrons. The van der Waals surface area contributed by atoms with Crippen LogP contribution in [0, 0.1) is 0 Å². The van der Waals surface area contributed by atoms with Crippen LogP contribution in [0.2, 0.25) is 0 Å². The van der Waals surface area contributed by atoms with Crippen LogP contribution in [0.3, 0.4) is 0 Å². The maximum Gasteiger partial charge on any atom is 0.145 e. The van der Waals surface area contributed by atoms with Crippen LogP contribution >= 0.6 is 11.8 Å². The number of thioether (sulfide) groups is 1. The van der Waals surface area contributed by atoms with E-state index in [-0.39, 0.29) is 0 Å². The third kappa shape index (κ3) is 5.55. The quantitative estimate of drug-likeness (QED) is 0.363. The van der Waals surface area contributed by atoms with Gasteiger partial charge in [0.1, 0.15) is 17.5 Å². The van der Waals surface area contributed by atoms with E-state index in [0.717, 1.165) is 37.4 Å². The zero-order valence-electron chi connectivity index (χ0n) is 11.2. The van der Waals surface area contributed by atoms with Gasteiger partial charge in [-0.3, -0.25) is 0 Å². The molecule has 1 heterocycles. The smallest absolute Gasteiger partial charge is 0.145 e. The Hall–Kier alpha value is -1.01. The molecule has 0 atom stereocenters. The second kappa shape index (κ2) is 8.99. The highest BCUT2D eigenvalue weighted by atomic mass is 32.2. The Bertz CT molecular complexity index is 345. The van der Waals surface area contributed by atoms with E-state index in [1.54, 1.807) is 0 Å². The first-order valence-electron chi connectivity index (χ1n) is 6.37. The van der Waals surface area contributed by atoms with Crippen molar-refractivity contribution < 1.29 is 0 Å². The standard InChI is InChI=1S/C12H23N5S/c1-3-6-10-15-11(9-12(16-10)17-13)14-7-4-5-8-18-2/h9H,3-8,13H2,1-2H3,(H2,14,15,16,17). The lowest BCUT2D eigenvalue weighted by atomic mass is 10.3. The number of hydrogen-bond donors (Lipinski definition) is 3. The molecule has 0 aliphatic heterocycles. The molecular weight excluding hydrogens is 246 g/mol. The number of anilines is 2. The number of hydrazine groups is 1. The molecule has 0 saturated carbocycles. The van der Waals surface area contributed by atoms with Crippen molar-refractivity contribution in [3.8, 4) is 0 Å². The van der Waals surface area contributed by atoms with Crippen molar-refractivity contribution in [3.63, 3.8) is 0 Å². The largest absolute Gasteiger partial charge is 0.370 e. The fourth-order valence-electron chi connectivity index (χ4n) is 1.58. The minimum absolute atomic E-state index is 0.667. The molecule has 5 nitrogen and oxygen atoms in total. The Morgan fingerprint density at radius 2 is 2.06 bits per heavy atom. The fourth-order valence-corrected chi connectivity index (χ4v) is 2.08. The number of aryl methyl sites for hydroxylation is 1. The second-order valence-corrected chi connectivity index (χ2v) is 5.06. The van der Waals surface area contributed by atoms with E-state index in [9.17, 15) is 0 Å². The van der Waals surface area contributed by atoms with Crippen LogP contribution in [0.25, 0.3) is 0 Å². The summed E-state index contributed by atoms with van der Waals surface area (Å²) < 4.78 is 0. The van der Waals surface area contributed by atoms with Crippen LogP contribution in [0.15, 0.2) is 6.07 Å². The first kappa shape index (κ1) is 15.0. The number of nitrogens with two attached hydrogens (primary N) is 1. The molecule has 0 aliphatic rings. The van der Waals surface area contributed by atoms with Crippen molar-refractivity contribution in [2.45, 2.75) is 32.6 Å². The monoisotopic (exact) mass is 269 g/mol. The highest BCUT2D eigenvalue weighted by Crippen LogP contribution is 2.12. The molecule has 0 amide bonds. The van der Waals surface area contributed by atoms with E-state index in [0.29, 0.717) is 5.82 Å². The normalized spacial score (nSPS) is 10.4. The topological polar surface area (TPSA) is 75.9 Å². The predicted molar refractivity (Wildman–Crippen MR) is 79.9 cm³/mol. The van der Waals surface area contributed by atoms with Gasteiger partial charge in [0.15, 0.2) is 0 Å². The Morgan fingerprint density at radius 3 is 2.72 bits per heavy atom. The Labute approximate surface area is 113 Å². The van der Waals surface area contributed by atoms with Gasteiger partial charge < -0.3 is 10.7 Å². The van der Waals surface area contributed by atoms with E-state index >= 15 is 0 Å². The number of unbranched alkanes of at least 4 members (excludes halogenated alkanes) is 1. The number of hydrogen-bond acceptors (Lipinski definition) is 6. The van der Waals surface area contributed by atoms with Crippen molar-refractivity contribution >= 4 is 23.4 Å². The fraction of sp³-hybridized carbons (Fsp3) is 0.667. The average molecular weight is 269 g/mol. The summed E-state index contributed by atoms with van der Waals surface area (Å²) in [6.07, 6.45) is 6.41. The minimum atomic E-state index is 0.667. The van der Waals surface area contributed by atoms with Crippen LogP contribution in [0.1, 0.15) is 32.0 Å². The summed E-state index contributed by atoms with van der Waals surface area (Å²) in [5.74, 6) is 8.97. The van der Waals surface area contributed by atoms with Gasteiger partial charge >= 0.3 is 0 Å². The van der Waals surface area contributed by atoms with Crippen LogP contribution in [0.4, 0.5) is 11.6 Å². The van der Waals surface area contributed by atoms with Gasteiger partial charge in [-0.2, -0.15) is 11.8 Å². The molecule has 18 heavy (non-hydrogen) atoms. The molecule has 0 aromatic carbocycles. The number of nitrogens with one attached hydrogen (secondary N) is 2. The van der Waals surface area contributed by atoms with Gasteiger partial charge in [-0.1, -0.05) is 6.92 Å². The summed E-state index contributed by atoms with van der Waals surface area (Å²) in [7, 11) is 0.